The Kier molecular flexibility index (Phi) is 10.2. The molecule has 0 radical (unpaired) electrons. The SMILES string of the molecule is C/C(=C(\c1ccc(O)cc1)c1ccc(OCCCCN2CCN(c3ccc4c(c3)CN([C@H]3CCC(=O)NC3=O)C4=O)CC2)cc1)c1ccccc1. The lowest BCUT2D eigenvalue weighted by molar-refractivity contribution is -0.136. The van der Waals surface area contributed by atoms with Gasteiger partial charge in [-0.2, -0.15) is 0 Å². The molecule has 1 atom stereocenters. The van der Waals surface area contributed by atoms with Gasteiger partial charge in [0.05, 0.1) is 6.61 Å². The highest BCUT2D eigenvalue weighted by molar-refractivity contribution is 6.05. The van der Waals surface area contributed by atoms with Crippen molar-refractivity contribution in [3.63, 3.8) is 0 Å². The standard InChI is InChI=1S/C42H44N4O5/c1-29(30-7-3-2-4-8-30)40(31-9-14-35(47)15-10-31)32-11-16-36(17-12-32)51-26-6-5-21-44-22-24-45(25-23-44)34-13-18-37-33(27-34)28-46(42(37)50)38-19-20-39(48)43-41(38)49/h2-4,7-18,27,38,47H,5-6,19-26,28H2,1H3,(H,43,48,49)/b40-29-/t38-/m0/s1. The lowest BCUT2D eigenvalue weighted by Gasteiger charge is -2.36. The summed E-state index contributed by atoms with van der Waals surface area (Å²) in [5.41, 5.74) is 8.27. The quantitative estimate of drug-likeness (QED) is 0.112. The average Bonchev–Trinajstić information content (AvgIpc) is 3.48. The molecule has 0 unspecified atom stereocenters. The molecular weight excluding hydrogens is 640 g/mol. The first-order valence-corrected chi connectivity index (χ1v) is 17.9. The second kappa shape index (κ2) is 15.2. The lowest BCUT2D eigenvalue weighted by Crippen LogP contribution is -2.52. The van der Waals surface area contributed by atoms with Gasteiger partial charge in [0.2, 0.25) is 11.8 Å². The number of aromatic hydroxyl groups is 1. The van der Waals surface area contributed by atoms with Crippen molar-refractivity contribution < 1.29 is 24.2 Å². The summed E-state index contributed by atoms with van der Waals surface area (Å²) in [6.07, 6.45) is 2.65. The summed E-state index contributed by atoms with van der Waals surface area (Å²) in [4.78, 5) is 43.5. The summed E-state index contributed by atoms with van der Waals surface area (Å²) >= 11 is 0. The molecule has 7 rings (SSSR count). The molecule has 0 saturated carbocycles. The predicted molar refractivity (Wildman–Crippen MR) is 198 cm³/mol. The van der Waals surface area contributed by atoms with E-state index in [1.54, 1.807) is 17.0 Å². The molecule has 2 saturated heterocycles. The minimum Gasteiger partial charge on any atom is -0.508 e. The molecule has 0 aromatic heterocycles. The fraction of sp³-hybridized carbons (Fsp3) is 0.310. The number of phenols is 1. The topological polar surface area (TPSA) is 102 Å². The molecule has 3 amide bonds. The molecule has 0 aliphatic carbocycles. The molecule has 9 nitrogen and oxygen atoms in total. The van der Waals surface area contributed by atoms with E-state index in [1.807, 2.05) is 54.6 Å². The molecule has 4 aromatic rings. The number of unbranched alkanes of at least 4 members (excludes halogenated alkanes) is 1. The molecule has 0 spiro atoms. The van der Waals surface area contributed by atoms with E-state index in [2.05, 4.69) is 52.4 Å². The van der Waals surface area contributed by atoms with E-state index in [-0.39, 0.29) is 29.9 Å². The van der Waals surface area contributed by atoms with Crippen LogP contribution < -0.4 is 15.0 Å². The number of rotatable bonds is 11. The van der Waals surface area contributed by atoms with Gasteiger partial charge in [-0.1, -0.05) is 54.6 Å². The van der Waals surface area contributed by atoms with Crippen LogP contribution in [0.4, 0.5) is 5.69 Å². The number of anilines is 1. The summed E-state index contributed by atoms with van der Waals surface area (Å²) in [6.45, 7) is 7.99. The number of ether oxygens (including phenoxy) is 1. The third-order valence-corrected chi connectivity index (χ3v) is 10.3. The molecule has 0 bridgehead atoms. The number of hydrogen-bond donors (Lipinski definition) is 2. The van der Waals surface area contributed by atoms with Gasteiger partial charge in [0.15, 0.2) is 0 Å². The van der Waals surface area contributed by atoms with Crippen molar-refractivity contribution in [3.8, 4) is 11.5 Å². The van der Waals surface area contributed by atoms with E-state index in [0.717, 1.165) is 90.4 Å². The molecule has 4 aromatic carbocycles. The van der Waals surface area contributed by atoms with Gasteiger partial charge in [-0.15, -0.1) is 0 Å². The van der Waals surface area contributed by atoms with Crippen LogP contribution in [0.5, 0.6) is 11.5 Å². The number of hydrogen-bond acceptors (Lipinski definition) is 7. The van der Waals surface area contributed by atoms with E-state index < -0.39 is 6.04 Å². The number of phenolic OH excluding ortho intramolecular Hbond substituents is 1. The number of imide groups is 1. The largest absolute Gasteiger partial charge is 0.508 e. The first-order chi connectivity index (χ1) is 24.8. The zero-order valence-electron chi connectivity index (χ0n) is 29.0. The number of carbonyl (C=O) groups is 3. The summed E-state index contributed by atoms with van der Waals surface area (Å²) < 4.78 is 6.13. The predicted octanol–water partition coefficient (Wildman–Crippen LogP) is 6.11. The molecule has 3 aliphatic rings. The average molecular weight is 685 g/mol. The van der Waals surface area contributed by atoms with Crippen LogP contribution in [0.1, 0.15) is 65.2 Å². The third kappa shape index (κ3) is 7.68. The molecule has 262 valence electrons. The Morgan fingerprint density at radius 2 is 1.53 bits per heavy atom. The van der Waals surface area contributed by atoms with Gasteiger partial charge in [-0.25, -0.2) is 0 Å². The monoisotopic (exact) mass is 684 g/mol. The number of benzene rings is 4. The second-order valence-electron chi connectivity index (χ2n) is 13.6. The van der Waals surface area contributed by atoms with Crippen molar-refractivity contribution in [3.05, 3.63) is 125 Å². The highest BCUT2D eigenvalue weighted by Crippen LogP contribution is 2.34. The lowest BCUT2D eigenvalue weighted by atomic mass is 9.90. The summed E-state index contributed by atoms with van der Waals surface area (Å²) in [5, 5.41) is 12.2. The molecule has 3 heterocycles. The molecule has 9 heteroatoms. The highest BCUT2D eigenvalue weighted by atomic mass is 16.5. The fourth-order valence-corrected chi connectivity index (χ4v) is 7.39. The van der Waals surface area contributed by atoms with Crippen molar-refractivity contribution in [2.45, 2.75) is 45.2 Å². The summed E-state index contributed by atoms with van der Waals surface area (Å²) in [6, 6.07) is 31.4. The van der Waals surface area contributed by atoms with Gasteiger partial charge >= 0.3 is 0 Å². The zero-order chi connectivity index (χ0) is 35.3. The first kappa shape index (κ1) is 34.1. The number of piperazine rings is 1. The molecule has 51 heavy (non-hydrogen) atoms. The molecule has 3 aliphatic heterocycles. The van der Waals surface area contributed by atoms with Crippen LogP contribution in [0.2, 0.25) is 0 Å². The van der Waals surface area contributed by atoms with Gasteiger partial charge in [0.1, 0.15) is 17.5 Å². The van der Waals surface area contributed by atoms with Crippen LogP contribution in [-0.2, 0) is 16.1 Å². The number of piperidine rings is 1. The Bertz CT molecular complexity index is 1920. The first-order valence-electron chi connectivity index (χ1n) is 17.9. The molecule has 2 N–H and O–H groups in total. The number of nitrogens with zero attached hydrogens (tertiary/aromatic N) is 3. The number of fused-ring (bicyclic) bond motifs is 1. The zero-order valence-corrected chi connectivity index (χ0v) is 29.0. The fourth-order valence-electron chi connectivity index (χ4n) is 7.39. The van der Waals surface area contributed by atoms with Crippen molar-refractivity contribution in [2.24, 2.45) is 0 Å². The minimum atomic E-state index is -0.594. The van der Waals surface area contributed by atoms with Gasteiger partial charge in [-0.05, 0) is 109 Å². The summed E-state index contributed by atoms with van der Waals surface area (Å²) in [5.74, 6) is 0.308. The van der Waals surface area contributed by atoms with Crippen molar-refractivity contribution in [1.82, 2.24) is 15.1 Å². The van der Waals surface area contributed by atoms with Gasteiger partial charge < -0.3 is 19.6 Å². The van der Waals surface area contributed by atoms with E-state index in [9.17, 15) is 19.5 Å². The Balaban J connectivity index is 0.869. The van der Waals surface area contributed by atoms with Crippen LogP contribution in [0, 0.1) is 0 Å². The Morgan fingerprint density at radius 1 is 0.824 bits per heavy atom. The Labute approximate surface area is 299 Å². The van der Waals surface area contributed by atoms with Gasteiger partial charge in [-0.3, -0.25) is 24.6 Å². The van der Waals surface area contributed by atoms with Crippen LogP contribution in [0.3, 0.4) is 0 Å². The Hall–Kier alpha value is -5.41. The number of amides is 3. The maximum atomic E-state index is 13.1. The second-order valence-corrected chi connectivity index (χ2v) is 13.6. The molecular formula is C42H44N4O5. The van der Waals surface area contributed by atoms with Crippen LogP contribution >= 0.6 is 0 Å². The highest BCUT2D eigenvalue weighted by Gasteiger charge is 2.39. The Morgan fingerprint density at radius 3 is 2.24 bits per heavy atom. The smallest absolute Gasteiger partial charge is 0.255 e. The normalized spacial score (nSPS) is 18.4. The van der Waals surface area contributed by atoms with E-state index in [0.29, 0.717) is 25.1 Å². The van der Waals surface area contributed by atoms with Gasteiger partial charge in [0.25, 0.3) is 5.91 Å². The van der Waals surface area contributed by atoms with Crippen molar-refractivity contribution >= 4 is 34.6 Å². The van der Waals surface area contributed by atoms with Gasteiger partial charge in [0, 0.05) is 50.4 Å². The maximum absolute atomic E-state index is 13.1. The number of nitrogens with one attached hydrogen (secondary N) is 1. The van der Waals surface area contributed by atoms with Crippen LogP contribution in [-0.4, -0.2) is 78.0 Å². The van der Waals surface area contributed by atoms with Crippen LogP contribution in [0.25, 0.3) is 11.1 Å². The maximum Gasteiger partial charge on any atom is 0.255 e. The molecule has 2 fully saturated rings. The summed E-state index contributed by atoms with van der Waals surface area (Å²) in [7, 11) is 0. The third-order valence-electron chi connectivity index (χ3n) is 10.3. The van der Waals surface area contributed by atoms with E-state index >= 15 is 0 Å². The number of allylic oxidation sites excluding steroid dienone is 1. The van der Waals surface area contributed by atoms with E-state index in [1.165, 1.54) is 0 Å². The van der Waals surface area contributed by atoms with Crippen molar-refractivity contribution in [1.29, 1.82) is 0 Å². The van der Waals surface area contributed by atoms with Crippen molar-refractivity contribution in [2.75, 3.05) is 44.2 Å². The minimum absolute atomic E-state index is 0.136. The van der Waals surface area contributed by atoms with E-state index in [4.69, 9.17) is 4.74 Å². The van der Waals surface area contributed by atoms with Crippen LogP contribution in [0.15, 0.2) is 97.1 Å². The number of carbonyl (C=O) groups excluding carboxylic acids is 3.